The third kappa shape index (κ3) is 2.54. The second-order valence-corrected chi connectivity index (χ2v) is 10.2. The van der Waals surface area contributed by atoms with Gasteiger partial charge in [-0.2, -0.15) is 4.31 Å². The first-order valence-electron chi connectivity index (χ1n) is 9.86. The molecule has 5 rings (SSSR count). The second-order valence-electron chi connectivity index (χ2n) is 8.28. The average molecular weight is 404 g/mol. The molecule has 0 radical (unpaired) electrons. The summed E-state index contributed by atoms with van der Waals surface area (Å²) < 4.78 is 35.2. The van der Waals surface area contributed by atoms with E-state index < -0.39 is 10.0 Å². The van der Waals surface area contributed by atoms with Gasteiger partial charge in [-0.05, 0) is 43.9 Å². The lowest BCUT2D eigenvalue weighted by Crippen LogP contribution is -2.38. The van der Waals surface area contributed by atoms with Crippen molar-refractivity contribution in [3.63, 3.8) is 0 Å². The van der Waals surface area contributed by atoms with E-state index in [9.17, 15) is 13.5 Å². The lowest BCUT2D eigenvalue weighted by atomic mass is 9.69. The lowest BCUT2D eigenvalue weighted by molar-refractivity contribution is 0.149. The Morgan fingerprint density at radius 2 is 2.14 bits per heavy atom. The van der Waals surface area contributed by atoms with Gasteiger partial charge in [-0.1, -0.05) is 6.42 Å². The molecule has 1 aromatic carbocycles. The number of hydrogen-bond acceptors (Lipinski definition) is 5. The minimum atomic E-state index is -3.64. The average Bonchev–Trinajstić information content (AvgIpc) is 3.24. The van der Waals surface area contributed by atoms with Gasteiger partial charge < -0.3 is 14.4 Å². The van der Waals surface area contributed by atoms with Gasteiger partial charge in [0.1, 0.15) is 0 Å². The zero-order valence-corrected chi connectivity index (χ0v) is 16.8. The Morgan fingerprint density at radius 3 is 2.86 bits per heavy atom. The van der Waals surface area contributed by atoms with Crippen LogP contribution in [-0.4, -0.2) is 54.9 Å². The van der Waals surface area contributed by atoms with Gasteiger partial charge in [0.05, 0.1) is 17.0 Å². The number of benzene rings is 1. The number of aliphatic imine (C=N–C) groups is 1. The van der Waals surface area contributed by atoms with Crippen molar-refractivity contribution in [1.29, 1.82) is 0 Å². The molecule has 1 spiro atoms. The van der Waals surface area contributed by atoms with Gasteiger partial charge in [-0.3, -0.25) is 0 Å². The summed E-state index contributed by atoms with van der Waals surface area (Å²) >= 11 is 0. The Labute approximate surface area is 164 Å². The number of rotatable bonds is 4. The van der Waals surface area contributed by atoms with Crippen molar-refractivity contribution in [3.05, 3.63) is 18.2 Å². The van der Waals surface area contributed by atoms with Crippen molar-refractivity contribution in [2.45, 2.75) is 49.6 Å². The van der Waals surface area contributed by atoms with Crippen molar-refractivity contribution in [3.8, 4) is 5.75 Å². The highest BCUT2D eigenvalue weighted by molar-refractivity contribution is 7.89. The molecule has 1 atom stereocenters. The summed E-state index contributed by atoms with van der Waals surface area (Å²) in [6, 6.07) is 4.92. The van der Waals surface area contributed by atoms with E-state index in [1.54, 1.807) is 25.3 Å². The van der Waals surface area contributed by atoms with E-state index in [0.717, 1.165) is 37.7 Å². The molecule has 2 aliphatic heterocycles. The topological polar surface area (TPSA) is 84.1 Å². The van der Waals surface area contributed by atoms with E-state index in [-0.39, 0.29) is 22.1 Å². The fourth-order valence-electron chi connectivity index (χ4n) is 4.85. The van der Waals surface area contributed by atoms with Gasteiger partial charge in [-0.15, -0.1) is 0 Å². The van der Waals surface area contributed by atoms with Gasteiger partial charge >= 0.3 is 0 Å². The quantitative estimate of drug-likeness (QED) is 0.850. The molecule has 2 aromatic rings. The molecular formula is C20H25N3O4S. The summed E-state index contributed by atoms with van der Waals surface area (Å²) in [6.07, 6.45) is 7.03. The first kappa shape index (κ1) is 18.1. The van der Waals surface area contributed by atoms with E-state index in [0.29, 0.717) is 24.4 Å². The summed E-state index contributed by atoms with van der Waals surface area (Å²) in [5, 5.41) is 11.3. The number of aromatic hydroxyl groups is 1. The maximum atomic E-state index is 13.2. The number of aromatic nitrogens is 1. The first-order chi connectivity index (χ1) is 13.5. The van der Waals surface area contributed by atoms with Crippen LogP contribution < -0.4 is 0 Å². The monoisotopic (exact) mass is 403 g/mol. The summed E-state index contributed by atoms with van der Waals surface area (Å²) in [5.41, 5.74) is 0.934. The second kappa shape index (κ2) is 6.30. The molecule has 0 bridgehead atoms. The molecule has 1 saturated heterocycles. The maximum Gasteiger partial charge on any atom is 0.243 e. The largest absolute Gasteiger partial charge is 0.504 e. The number of methoxy groups -OCH3 is 1. The number of hydrogen-bond donors (Lipinski definition) is 1. The molecule has 2 fully saturated rings. The molecule has 3 heterocycles. The Bertz CT molecular complexity index is 1070. The van der Waals surface area contributed by atoms with E-state index in [4.69, 9.17) is 4.74 Å². The molecule has 28 heavy (non-hydrogen) atoms. The SMILES string of the molecule is COC[C@@H]1CCCN1S(=O)(=O)c1ccc2c(c1)c(O)c1n2CC2(C=N1)CCC2. The molecule has 1 aromatic heterocycles. The van der Waals surface area contributed by atoms with Crippen molar-refractivity contribution in [2.75, 3.05) is 20.3 Å². The van der Waals surface area contributed by atoms with Crippen LogP contribution in [0.4, 0.5) is 5.82 Å². The maximum absolute atomic E-state index is 13.2. The highest BCUT2D eigenvalue weighted by atomic mass is 32.2. The van der Waals surface area contributed by atoms with Crippen LogP contribution >= 0.6 is 0 Å². The van der Waals surface area contributed by atoms with Crippen LogP contribution in [0.5, 0.6) is 5.75 Å². The Hall–Kier alpha value is -1.90. The number of ether oxygens (including phenoxy) is 1. The first-order valence-corrected chi connectivity index (χ1v) is 11.3. The van der Waals surface area contributed by atoms with E-state index in [1.165, 1.54) is 10.7 Å². The molecule has 3 aliphatic rings. The number of nitrogens with zero attached hydrogens (tertiary/aromatic N) is 3. The van der Waals surface area contributed by atoms with E-state index in [2.05, 4.69) is 4.99 Å². The van der Waals surface area contributed by atoms with Crippen molar-refractivity contribution in [2.24, 2.45) is 10.4 Å². The van der Waals surface area contributed by atoms with Gasteiger partial charge in [0, 0.05) is 43.3 Å². The fourth-order valence-corrected chi connectivity index (χ4v) is 6.55. The van der Waals surface area contributed by atoms with Gasteiger partial charge in [-0.25, -0.2) is 13.4 Å². The van der Waals surface area contributed by atoms with Crippen LogP contribution in [0.3, 0.4) is 0 Å². The Balaban J connectivity index is 1.56. The summed E-state index contributed by atoms with van der Waals surface area (Å²) in [5.74, 6) is 0.591. The van der Waals surface area contributed by atoms with Crippen molar-refractivity contribution < 1.29 is 18.3 Å². The van der Waals surface area contributed by atoms with Crippen LogP contribution in [0.15, 0.2) is 28.1 Å². The third-order valence-corrected chi connectivity index (χ3v) is 8.50. The molecule has 150 valence electrons. The van der Waals surface area contributed by atoms with Crippen LogP contribution in [0, 0.1) is 5.41 Å². The van der Waals surface area contributed by atoms with Crippen LogP contribution in [0.25, 0.3) is 10.9 Å². The van der Waals surface area contributed by atoms with E-state index in [1.807, 2.05) is 10.8 Å². The molecule has 0 amide bonds. The van der Waals surface area contributed by atoms with Gasteiger partial charge in [0.15, 0.2) is 11.6 Å². The Kier molecular flexibility index (Phi) is 4.08. The van der Waals surface area contributed by atoms with Crippen molar-refractivity contribution in [1.82, 2.24) is 8.87 Å². The summed E-state index contributed by atoms with van der Waals surface area (Å²) in [6.45, 7) is 1.68. The Morgan fingerprint density at radius 1 is 1.32 bits per heavy atom. The fraction of sp³-hybridized carbons (Fsp3) is 0.550. The third-order valence-electron chi connectivity index (χ3n) is 6.55. The summed E-state index contributed by atoms with van der Waals surface area (Å²) in [4.78, 5) is 4.73. The van der Waals surface area contributed by atoms with Crippen LogP contribution in [0.2, 0.25) is 0 Å². The predicted octanol–water partition coefficient (Wildman–Crippen LogP) is 3.03. The van der Waals surface area contributed by atoms with Crippen LogP contribution in [-0.2, 0) is 21.3 Å². The molecular weight excluding hydrogens is 378 g/mol. The van der Waals surface area contributed by atoms with Crippen molar-refractivity contribution >= 4 is 33.0 Å². The lowest BCUT2D eigenvalue weighted by Gasteiger charge is -2.41. The standard InChI is InChI=1S/C20H25N3O4S/c1-27-11-14-4-2-9-23(14)28(25,26)15-5-6-17-16(10-15)18(24)19-21-12-20(7-3-8-20)13-22(17)19/h5-6,10,12,14,24H,2-4,7-9,11,13H2,1H3/t14-/m0/s1. The zero-order chi connectivity index (χ0) is 19.5. The van der Waals surface area contributed by atoms with Gasteiger partial charge in [0.25, 0.3) is 0 Å². The zero-order valence-electron chi connectivity index (χ0n) is 16.0. The highest BCUT2D eigenvalue weighted by Crippen LogP contribution is 2.49. The molecule has 1 N–H and O–H groups in total. The molecule has 1 saturated carbocycles. The van der Waals surface area contributed by atoms with Gasteiger partial charge in [0.2, 0.25) is 10.0 Å². The number of sulfonamides is 1. The normalized spacial score (nSPS) is 24.0. The predicted molar refractivity (Wildman–Crippen MR) is 107 cm³/mol. The molecule has 1 aliphatic carbocycles. The molecule has 7 nitrogen and oxygen atoms in total. The summed E-state index contributed by atoms with van der Waals surface area (Å²) in [7, 11) is -2.05. The molecule has 8 heteroatoms. The minimum Gasteiger partial charge on any atom is -0.504 e. The minimum absolute atomic E-state index is 0.0623. The molecule has 0 unspecified atom stereocenters. The van der Waals surface area contributed by atoms with Crippen LogP contribution in [0.1, 0.15) is 32.1 Å². The highest BCUT2D eigenvalue weighted by Gasteiger charge is 2.40. The van der Waals surface area contributed by atoms with E-state index >= 15 is 0 Å². The number of fused-ring (bicyclic) bond motifs is 3. The smallest absolute Gasteiger partial charge is 0.243 e.